The van der Waals surface area contributed by atoms with Crippen LogP contribution in [0.3, 0.4) is 0 Å². The molecule has 2 aromatic carbocycles. The molecule has 0 atom stereocenters. The van der Waals surface area contributed by atoms with Gasteiger partial charge in [-0.15, -0.1) is 0 Å². The van der Waals surface area contributed by atoms with E-state index in [9.17, 15) is 13.5 Å². The second-order valence-electron chi connectivity index (χ2n) is 6.01. The Labute approximate surface area is 149 Å². The molecule has 0 spiro atoms. The summed E-state index contributed by atoms with van der Waals surface area (Å²) in [5.41, 5.74) is 1.06. The molecule has 136 valence electrons. The van der Waals surface area contributed by atoms with E-state index < -0.39 is 10.1 Å². The summed E-state index contributed by atoms with van der Waals surface area (Å²) in [5, 5.41) is 10.1. The van der Waals surface area contributed by atoms with Gasteiger partial charge in [-0.3, -0.25) is 4.55 Å². The lowest BCUT2D eigenvalue weighted by Gasteiger charge is -2.10. The van der Waals surface area contributed by atoms with Gasteiger partial charge in [0.15, 0.2) is 11.5 Å². The molecule has 0 aliphatic carbocycles. The highest BCUT2D eigenvalue weighted by molar-refractivity contribution is 7.85. The third-order valence-electron chi connectivity index (χ3n) is 3.94. The summed E-state index contributed by atoms with van der Waals surface area (Å²) in [7, 11) is -4.23. The normalized spacial score (nSPS) is 11.4. The lowest BCUT2D eigenvalue weighted by atomic mass is 10.1. The first-order valence-corrected chi connectivity index (χ1v) is 9.91. The van der Waals surface area contributed by atoms with Crippen LogP contribution >= 0.6 is 0 Å². The van der Waals surface area contributed by atoms with Gasteiger partial charge in [-0.25, -0.2) is 0 Å². The van der Waals surface area contributed by atoms with Gasteiger partial charge in [-0.2, -0.15) is 8.42 Å². The van der Waals surface area contributed by atoms with E-state index in [-0.39, 0.29) is 10.6 Å². The maximum Gasteiger partial charge on any atom is 0.294 e. The molecule has 2 rings (SSSR count). The maximum absolute atomic E-state index is 11.0. The molecule has 0 radical (unpaired) electrons. The van der Waals surface area contributed by atoms with Gasteiger partial charge in [-0.1, -0.05) is 38.7 Å². The maximum atomic E-state index is 11.0. The van der Waals surface area contributed by atoms with Crippen LogP contribution in [0.1, 0.15) is 44.6 Å². The Hall–Kier alpha value is -2.05. The number of phenols is 1. The topological polar surface area (TPSA) is 83.8 Å². The van der Waals surface area contributed by atoms with Crippen LogP contribution in [0.25, 0.3) is 0 Å². The molecule has 25 heavy (non-hydrogen) atoms. The minimum Gasteiger partial charge on any atom is -0.504 e. The molecule has 0 aliphatic rings. The highest BCUT2D eigenvalue weighted by Crippen LogP contribution is 2.32. The van der Waals surface area contributed by atoms with E-state index in [0.717, 1.165) is 18.4 Å². The second kappa shape index (κ2) is 8.87. The Morgan fingerprint density at radius 2 is 1.64 bits per heavy atom. The summed E-state index contributed by atoms with van der Waals surface area (Å²) in [5.74, 6) is 0.717. The quantitative estimate of drug-likeness (QED) is 0.486. The van der Waals surface area contributed by atoms with Crippen molar-refractivity contribution >= 4 is 10.1 Å². The minimum atomic E-state index is -4.23. The van der Waals surface area contributed by atoms with Crippen molar-refractivity contribution in [2.75, 3.05) is 0 Å². The van der Waals surface area contributed by atoms with Gasteiger partial charge in [0, 0.05) is 0 Å². The predicted molar refractivity (Wildman–Crippen MR) is 96.9 cm³/mol. The van der Waals surface area contributed by atoms with E-state index in [1.807, 2.05) is 6.07 Å². The Morgan fingerprint density at radius 1 is 0.960 bits per heavy atom. The molecule has 2 aromatic rings. The Kier molecular flexibility index (Phi) is 6.84. The number of hydrogen-bond acceptors (Lipinski definition) is 4. The number of hydrogen-bond donors (Lipinski definition) is 2. The van der Waals surface area contributed by atoms with Gasteiger partial charge in [0.25, 0.3) is 10.1 Å². The zero-order valence-corrected chi connectivity index (χ0v) is 15.1. The fourth-order valence-corrected chi connectivity index (χ4v) is 3.02. The molecule has 0 fully saturated rings. The van der Waals surface area contributed by atoms with Gasteiger partial charge in [0.05, 0.1) is 4.90 Å². The van der Waals surface area contributed by atoms with Crippen molar-refractivity contribution in [2.24, 2.45) is 0 Å². The zero-order valence-electron chi connectivity index (χ0n) is 14.3. The predicted octanol–water partition coefficient (Wildman–Crippen LogP) is 4.94. The van der Waals surface area contributed by atoms with Crippen LogP contribution < -0.4 is 4.74 Å². The molecular weight excluding hydrogens is 340 g/mol. The molecule has 0 aromatic heterocycles. The van der Waals surface area contributed by atoms with Crippen LogP contribution in [0, 0.1) is 0 Å². The number of ether oxygens (including phenoxy) is 1. The van der Waals surface area contributed by atoms with Crippen LogP contribution in [-0.4, -0.2) is 18.1 Å². The zero-order chi connectivity index (χ0) is 18.3. The SMILES string of the molecule is CCCCCCCc1ccc(Oc2ccc(S(=O)(=O)O)cc2)c(O)c1. The summed E-state index contributed by atoms with van der Waals surface area (Å²) in [4.78, 5) is -0.206. The summed E-state index contributed by atoms with van der Waals surface area (Å²) in [6.45, 7) is 2.19. The largest absolute Gasteiger partial charge is 0.504 e. The number of unbranched alkanes of at least 4 members (excludes halogenated alkanes) is 4. The van der Waals surface area contributed by atoms with Crippen molar-refractivity contribution in [1.29, 1.82) is 0 Å². The average molecular weight is 364 g/mol. The smallest absolute Gasteiger partial charge is 0.294 e. The number of phenolic OH excluding ortho intramolecular Hbond substituents is 1. The van der Waals surface area contributed by atoms with Crippen LogP contribution in [-0.2, 0) is 16.5 Å². The number of rotatable bonds is 9. The van der Waals surface area contributed by atoms with Gasteiger partial charge < -0.3 is 9.84 Å². The minimum absolute atomic E-state index is 0.0462. The molecule has 0 saturated carbocycles. The Morgan fingerprint density at radius 3 is 2.24 bits per heavy atom. The number of aryl methyl sites for hydroxylation is 1. The fraction of sp³-hybridized carbons (Fsp3) is 0.368. The molecular formula is C19H24O5S. The summed E-state index contributed by atoms with van der Waals surface area (Å²) in [6, 6.07) is 10.6. The highest BCUT2D eigenvalue weighted by Gasteiger charge is 2.10. The summed E-state index contributed by atoms with van der Waals surface area (Å²) >= 11 is 0. The second-order valence-corrected chi connectivity index (χ2v) is 7.44. The standard InChI is InChI=1S/C19H24O5S/c1-2-3-4-5-6-7-15-8-13-19(18(20)14-15)24-16-9-11-17(12-10-16)25(21,22)23/h8-14,20H,2-7H2,1H3,(H,21,22,23). The Bertz CT molecular complexity index is 782. The van der Waals surface area contributed by atoms with Gasteiger partial charge >= 0.3 is 0 Å². The molecule has 0 saturated heterocycles. The monoisotopic (exact) mass is 364 g/mol. The summed E-state index contributed by atoms with van der Waals surface area (Å²) < 4.78 is 36.5. The van der Waals surface area contributed by atoms with E-state index >= 15 is 0 Å². The highest BCUT2D eigenvalue weighted by atomic mass is 32.2. The van der Waals surface area contributed by atoms with Crippen molar-refractivity contribution in [3.8, 4) is 17.2 Å². The first kappa shape index (κ1) is 19.3. The van der Waals surface area contributed by atoms with Crippen molar-refractivity contribution in [2.45, 2.75) is 50.3 Å². The lowest BCUT2D eigenvalue weighted by Crippen LogP contribution is -1.97. The van der Waals surface area contributed by atoms with Crippen molar-refractivity contribution in [3.05, 3.63) is 48.0 Å². The average Bonchev–Trinajstić information content (AvgIpc) is 2.57. The van der Waals surface area contributed by atoms with Crippen molar-refractivity contribution in [1.82, 2.24) is 0 Å². The first-order chi connectivity index (χ1) is 11.9. The van der Waals surface area contributed by atoms with Crippen molar-refractivity contribution < 1.29 is 22.8 Å². The van der Waals surface area contributed by atoms with Gasteiger partial charge in [0.1, 0.15) is 5.75 Å². The molecule has 6 heteroatoms. The molecule has 0 aliphatic heterocycles. The van der Waals surface area contributed by atoms with E-state index in [1.54, 1.807) is 12.1 Å². The number of aromatic hydroxyl groups is 1. The third-order valence-corrected chi connectivity index (χ3v) is 4.81. The van der Waals surface area contributed by atoms with Crippen LogP contribution in [0.15, 0.2) is 47.4 Å². The van der Waals surface area contributed by atoms with Crippen LogP contribution in [0.4, 0.5) is 0 Å². The first-order valence-electron chi connectivity index (χ1n) is 8.47. The van der Waals surface area contributed by atoms with E-state index in [0.29, 0.717) is 11.5 Å². The lowest BCUT2D eigenvalue weighted by molar-refractivity contribution is 0.410. The van der Waals surface area contributed by atoms with Crippen molar-refractivity contribution in [3.63, 3.8) is 0 Å². The molecule has 2 N–H and O–H groups in total. The van der Waals surface area contributed by atoms with E-state index in [1.165, 1.54) is 49.9 Å². The van der Waals surface area contributed by atoms with Gasteiger partial charge in [-0.05, 0) is 54.8 Å². The summed E-state index contributed by atoms with van der Waals surface area (Å²) in [6.07, 6.45) is 6.92. The Balaban J connectivity index is 1.96. The molecule has 0 unspecified atom stereocenters. The molecule has 0 amide bonds. The van der Waals surface area contributed by atoms with Crippen LogP contribution in [0.2, 0.25) is 0 Å². The third kappa shape index (κ3) is 6.07. The van der Waals surface area contributed by atoms with Crippen LogP contribution in [0.5, 0.6) is 17.2 Å². The molecule has 0 bridgehead atoms. The molecule has 5 nitrogen and oxygen atoms in total. The number of benzene rings is 2. The van der Waals surface area contributed by atoms with E-state index in [4.69, 9.17) is 9.29 Å². The van der Waals surface area contributed by atoms with Gasteiger partial charge in [0.2, 0.25) is 0 Å². The molecule has 0 heterocycles. The van der Waals surface area contributed by atoms with E-state index in [2.05, 4.69) is 6.92 Å². The fourth-order valence-electron chi connectivity index (χ4n) is 2.54.